The average Bonchev–Trinajstić information content (AvgIpc) is 2.80. The van der Waals surface area contributed by atoms with Crippen molar-refractivity contribution in [1.82, 2.24) is 10.3 Å². The third-order valence-electron chi connectivity index (χ3n) is 3.41. The van der Waals surface area contributed by atoms with Crippen molar-refractivity contribution in [2.45, 2.75) is 51.5 Å². The van der Waals surface area contributed by atoms with Crippen LogP contribution in [0.1, 0.15) is 61.5 Å². The van der Waals surface area contributed by atoms with Crippen molar-refractivity contribution in [1.29, 1.82) is 0 Å². The van der Waals surface area contributed by atoms with E-state index in [1.54, 1.807) is 6.07 Å². The highest BCUT2D eigenvalue weighted by Gasteiger charge is 2.18. The lowest BCUT2D eigenvalue weighted by Gasteiger charge is -2.13. The van der Waals surface area contributed by atoms with E-state index in [0.717, 1.165) is 18.5 Å². The molecule has 1 heterocycles. The number of carbonyl (C=O) groups excluding carboxylic acids is 1. The van der Waals surface area contributed by atoms with Crippen molar-refractivity contribution < 1.29 is 4.79 Å². The van der Waals surface area contributed by atoms with Crippen molar-refractivity contribution >= 4 is 11.7 Å². The first-order chi connectivity index (χ1) is 8.56. The number of hydrogen-bond donors (Lipinski definition) is 2. The molecule has 0 aliphatic heterocycles. The number of aromatic nitrogens is 1. The minimum Gasteiger partial charge on any atom is -0.384 e. The van der Waals surface area contributed by atoms with Crippen LogP contribution in [0.2, 0.25) is 0 Å². The van der Waals surface area contributed by atoms with Gasteiger partial charge in [-0.2, -0.15) is 0 Å². The Bertz CT molecular complexity index is 437. The lowest BCUT2D eigenvalue weighted by Crippen LogP contribution is -2.32. The summed E-state index contributed by atoms with van der Waals surface area (Å²) in [6, 6.07) is 3.82. The van der Waals surface area contributed by atoms with E-state index in [-0.39, 0.29) is 11.8 Å². The van der Waals surface area contributed by atoms with Crippen molar-refractivity contribution in [3.63, 3.8) is 0 Å². The van der Waals surface area contributed by atoms with Crippen LogP contribution in [0.5, 0.6) is 0 Å². The molecule has 3 N–H and O–H groups in total. The molecule has 0 unspecified atom stereocenters. The number of nitrogen functional groups attached to an aromatic ring is 1. The van der Waals surface area contributed by atoms with E-state index >= 15 is 0 Å². The number of hydrogen-bond acceptors (Lipinski definition) is 3. The molecule has 2 rings (SSSR count). The van der Waals surface area contributed by atoms with Crippen LogP contribution < -0.4 is 11.1 Å². The highest BCUT2D eigenvalue weighted by atomic mass is 16.1. The summed E-state index contributed by atoms with van der Waals surface area (Å²) in [5.41, 5.74) is 7.24. The summed E-state index contributed by atoms with van der Waals surface area (Å²) in [4.78, 5) is 16.4. The predicted molar refractivity (Wildman–Crippen MR) is 72.5 cm³/mol. The number of nitrogens with zero attached hydrogens (tertiary/aromatic N) is 1. The molecule has 1 aliphatic carbocycles. The normalized spacial score (nSPS) is 16.2. The molecule has 4 heteroatoms. The van der Waals surface area contributed by atoms with Crippen LogP contribution in [0.3, 0.4) is 0 Å². The van der Waals surface area contributed by atoms with Crippen LogP contribution in [-0.2, 0) is 0 Å². The Morgan fingerprint density at radius 3 is 2.67 bits per heavy atom. The molecule has 0 bridgehead atoms. The smallest absolute Gasteiger partial charge is 0.251 e. The van der Waals surface area contributed by atoms with E-state index in [1.165, 1.54) is 12.8 Å². The van der Waals surface area contributed by atoms with Crippen LogP contribution >= 0.6 is 0 Å². The third kappa shape index (κ3) is 3.00. The van der Waals surface area contributed by atoms with Crippen molar-refractivity contribution in [2.75, 3.05) is 5.73 Å². The van der Waals surface area contributed by atoms with Crippen LogP contribution in [0.25, 0.3) is 0 Å². The largest absolute Gasteiger partial charge is 0.384 e. The summed E-state index contributed by atoms with van der Waals surface area (Å²) < 4.78 is 0. The lowest BCUT2D eigenvalue weighted by molar-refractivity contribution is 0.0937. The molecule has 1 saturated carbocycles. The van der Waals surface area contributed by atoms with Crippen LogP contribution in [-0.4, -0.2) is 16.9 Å². The van der Waals surface area contributed by atoms with E-state index in [1.807, 2.05) is 19.9 Å². The van der Waals surface area contributed by atoms with Crippen molar-refractivity contribution in [3.05, 3.63) is 23.4 Å². The molecule has 1 aliphatic rings. The predicted octanol–water partition coefficient (Wildman–Crippen LogP) is 2.46. The topological polar surface area (TPSA) is 68.0 Å². The van der Waals surface area contributed by atoms with Gasteiger partial charge >= 0.3 is 0 Å². The van der Waals surface area contributed by atoms with Gasteiger partial charge in [0.2, 0.25) is 0 Å². The Labute approximate surface area is 108 Å². The molecule has 1 aromatic rings. The van der Waals surface area contributed by atoms with Gasteiger partial charge in [-0.05, 0) is 30.9 Å². The molecule has 18 heavy (non-hydrogen) atoms. The first kappa shape index (κ1) is 12.9. The zero-order valence-corrected chi connectivity index (χ0v) is 11.1. The fourth-order valence-corrected chi connectivity index (χ4v) is 2.34. The minimum atomic E-state index is -0.0297. The van der Waals surface area contributed by atoms with Crippen LogP contribution in [0, 0.1) is 0 Å². The first-order valence-electron chi connectivity index (χ1n) is 6.64. The Balaban J connectivity index is 2.13. The number of nitrogens with two attached hydrogens (primary N) is 1. The van der Waals surface area contributed by atoms with E-state index in [0.29, 0.717) is 17.4 Å². The van der Waals surface area contributed by atoms with Gasteiger partial charge in [-0.1, -0.05) is 26.7 Å². The summed E-state index contributed by atoms with van der Waals surface area (Å²) >= 11 is 0. The van der Waals surface area contributed by atoms with Gasteiger partial charge in [0, 0.05) is 17.3 Å². The van der Waals surface area contributed by atoms with E-state index in [4.69, 9.17) is 5.73 Å². The average molecular weight is 247 g/mol. The Hall–Kier alpha value is -1.58. The second kappa shape index (κ2) is 5.38. The van der Waals surface area contributed by atoms with Crippen molar-refractivity contribution in [2.24, 2.45) is 0 Å². The summed E-state index contributed by atoms with van der Waals surface area (Å²) in [5, 5.41) is 3.07. The summed E-state index contributed by atoms with van der Waals surface area (Å²) in [6.07, 6.45) is 4.59. The summed E-state index contributed by atoms with van der Waals surface area (Å²) in [5.74, 6) is 0.655. The lowest BCUT2D eigenvalue weighted by atomic mass is 10.1. The highest BCUT2D eigenvalue weighted by molar-refractivity contribution is 5.95. The molecule has 0 radical (unpaired) electrons. The molecule has 1 aromatic heterocycles. The van der Waals surface area contributed by atoms with Gasteiger partial charge in [-0.3, -0.25) is 4.79 Å². The fourth-order valence-electron chi connectivity index (χ4n) is 2.34. The molecule has 4 nitrogen and oxygen atoms in total. The van der Waals surface area contributed by atoms with E-state index in [2.05, 4.69) is 10.3 Å². The maximum absolute atomic E-state index is 12.1. The zero-order valence-electron chi connectivity index (χ0n) is 11.1. The number of carbonyl (C=O) groups is 1. The molecular weight excluding hydrogens is 226 g/mol. The summed E-state index contributed by atoms with van der Waals surface area (Å²) in [7, 11) is 0. The molecule has 0 aromatic carbocycles. The van der Waals surface area contributed by atoms with Gasteiger partial charge < -0.3 is 11.1 Å². The first-order valence-corrected chi connectivity index (χ1v) is 6.64. The second-order valence-corrected chi connectivity index (χ2v) is 5.32. The highest BCUT2D eigenvalue weighted by Crippen LogP contribution is 2.19. The fraction of sp³-hybridized carbons (Fsp3) is 0.571. The van der Waals surface area contributed by atoms with Gasteiger partial charge in [0.1, 0.15) is 5.82 Å². The molecular formula is C14H21N3O. The van der Waals surface area contributed by atoms with Gasteiger partial charge in [0.05, 0.1) is 0 Å². The third-order valence-corrected chi connectivity index (χ3v) is 3.41. The number of nitrogens with one attached hydrogen (secondary N) is 1. The molecule has 1 amide bonds. The Morgan fingerprint density at radius 1 is 1.39 bits per heavy atom. The number of rotatable bonds is 3. The quantitative estimate of drug-likeness (QED) is 0.862. The van der Waals surface area contributed by atoms with Gasteiger partial charge in [-0.15, -0.1) is 0 Å². The van der Waals surface area contributed by atoms with Crippen LogP contribution in [0.4, 0.5) is 5.82 Å². The minimum absolute atomic E-state index is 0.0297. The molecule has 1 fully saturated rings. The van der Waals surface area contributed by atoms with Gasteiger partial charge in [0.25, 0.3) is 5.91 Å². The molecule has 0 atom stereocenters. The second-order valence-electron chi connectivity index (χ2n) is 5.32. The molecule has 98 valence electrons. The van der Waals surface area contributed by atoms with Crippen LogP contribution in [0.15, 0.2) is 12.1 Å². The van der Waals surface area contributed by atoms with Crippen molar-refractivity contribution in [3.8, 4) is 0 Å². The molecule has 0 spiro atoms. The number of anilines is 1. The Morgan fingerprint density at radius 2 is 2.06 bits per heavy atom. The summed E-state index contributed by atoms with van der Waals surface area (Å²) in [6.45, 7) is 4.08. The van der Waals surface area contributed by atoms with Gasteiger partial charge in [-0.25, -0.2) is 4.98 Å². The Kier molecular flexibility index (Phi) is 3.84. The molecule has 0 saturated heterocycles. The standard InChI is InChI=1S/C14H21N3O/c1-9(2)12-7-10(8-13(15)17-12)14(18)16-11-5-3-4-6-11/h7-9,11H,3-6H2,1-2H3,(H2,15,17)(H,16,18). The maximum atomic E-state index is 12.1. The number of pyridine rings is 1. The van der Waals surface area contributed by atoms with E-state index < -0.39 is 0 Å². The maximum Gasteiger partial charge on any atom is 0.251 e. The zero-order chi connectivity index (χ0) is 13.1. The monoisotopic (exact) mass is 247 g/mol. The van der Waals surface area contributed by atoms with Gasteiger partial charge in [0.15, 0.2) is 0 Å². The van der Waals surface area contributed by atoms with E-state index in [9.17, 15) is 4.79 Å². The SMILES string of the molecule is CC(C)c1cc(C(=O)NC2CCCC2)cc(N)n1. The number of amides is 1.